The smallest absolute Gasteiger partial charge is 0.253 e. The van der Waals surface area contributed by atoms with E-state index < -0.39 is 10.0 Å². The van der Waals surface area contributed by atoms with Crippen LogP contribution in [0.3, 0.4) is 0 Å². The van der Waals surface area contributed by atoms with Gasteiger partial charge in [-0.2, -0.15) is 4.72 Å². The third-order valence-electron chi connectivity index (χ3n) is 4.65. The fourth-order valence-corrected chi connectivity index (χ4v) is 3.91. The van der Waals surface area contributed by atoms with Gasteiger partial charge < -0.3 is 4.90 Å². The molecule has 0 unspecified atom stereocenters. The van der Waals surface area contributed by atoms with Crippen LogP contribution >= 0.6 is 0 Å². The monoisotopic (exact) mass is 361 g/mol. The summed E-state index contributed by atoms with van der Waals surface area (Å²) in [6, 6.07) is 6.00. The minimum Gasteiger partial charge on any atom is -0.336 e. The lowest BCUT2D eigenvalue weighted by Gasteiger charge is -2.34. The minimum absolute atomic E-state index is 0.0494. The molecule has 0 bridgehead atoms. The minimum atomic E-state index is -3.63. The normalized spacial score (nSPS) is 18.8. The third-order valence-corrected chi connectivity index (χ3v) is 6.07. The molecule has 0 spiro atoms. The summed E-state index contributed by atoms with van der Waals surface area (Å²) in [7, 11) is -3.63. The Morgan fingerprint density at radius 2 is 1.80 bits per heavy atom. The molecule has 1 N–H and O–H groups in total. The zero-order valence-corrected chi connectivity index (χ0v) is 15.0. The second-order valence-corrected chi connectivity index (χ2v) is 8.36. The van der Waals surface area contributed by atoms with Crippen LogP contribution in [0, 0.1) is 18.3 Å². The van der Waals surface area contributed by atoms with Crippen molar-refractivity contribution >= 4 is 15.9 Å². The molecule has 6 nitrogen and oxygen atoms in total. The average Bonchev–Trinajstić information content (AvgIpc) is 3.44. The van der Waals surface area contributed by atoms with Crippen LogP contribution in [0.1, 0.15) is 23.2 Å². The van der Waals surface area contributed by atoms with E-state index in [1.54, 1.807) is 12.1 Å². The van der Waals surface area contributed by atoms with E-state index >= 15 is 0 Å². The molecule has 1 aliphatic heterocycles. The molecular weight excluding hydrogens is 338 g/mol. The van der Waals surface area contributed by atoms with Crippen molar-refractivity contribution in [1.29, 1.82) is 0 Å². The number of carbonyl (C=O) groups is 1. The van der Waals surface area contributed by atoms with Gasteiger partial charge in [-0.05, 0) is 43.0 Å². The fraction of sp³-hybridized carbons (Fsp3) is 0.500. The van der Waals surface area contributed by atoms with Crippen molar-refractivity contribution in [3.8, 4) is 12.3 Å². The molecular formula is C18H23N3O3S. The van der Waals surface area contributed by atoms with E-state index in [2.05, 4.69) is 15.5 Å². The first-order valence-corrected chi connectivity index (χ1v) is 10.0. The SMILES string of the molecule is C#CCNS(=O)(=O)c1ccc(C(=O)N2CCN(CC3CC3)CC2)cc1. The van der Waals surface area contributed by atoms with E-state index in [1.165, 1.54) is 25.0 Å². The second-order valence-electron chi connectivity index (χ2n) is 6.59. The van der Waals surface area contributed by atoms with E-state index in [0.717, 1.165) is 38.6 Å². The fourth-order valence-electron chi connectivity index (χ4n) is 2.98. The van der Waals surface area contributed by atoms with Gasteiger partial charge in [0.05, 0.1) is 11.4 Å². The van der Waals surface area contributed by atoms with Crippen LogP contribution in [-0.4, -0.2) is 63.4 Å². The molecule has 1 saturated carbocycles. The summed E-state index contributed by atoms with van der Waals surface area (Å²) in [4.78, 5) is 17.0. The van der Waals surface area contributed by atoms with Gasteiger partial charge in [0.2, 0.25) is 10.0 Å². The number of hydrogen-bond acceptors (Lipinski definition) is 4. The summed E-state index contributed by atoms with van der Waals surface area (Å²) in [5.74, 6) is 3.04. The van der Waals surface area contributed by atoms with Gasteiger partial charge in [0.15, 0.2) is 0 Å². The van der Waals surface area contributed by atoms with Crippen LogP contribution in [0.15, 0.2) is 29.2 Å². The van der Waals surface area contributed by atoms with Crippen LogP contribution in [0.4, 0.5) is 0 Å². The molecule has 1 aliphatic carbocycles. The topological polar surface area (TPSA) is 69.7 Å². The van der Waals surface area contributed by atoms with Gasteiger partial charge >= 0.3 is 0 Å². The van der Waals surface area contributed by atoms with Crippen LogP contribution in [0.2, 0.25) is 0 Å². The number of nitrogens with zero attached hydrogens (tertiary/aromatic N) is 2. The number of rotatable bonds is 6. The Hall–Kier alpha value is -1.88. The summed E-state index contributed by atoms with van der Waals surface area (Å²) in [5.41, 5.74) is 0.506. The van der Waals surface area contributed by atoms with E-state index in [9.17, 15) is 13.2 Å². The van der Waals surface area contributed by atoms with E-state index in [0.29, 0.717) is 5.56 Å². The van der Waals surface area contributed by atoms with Gasteiger partial charge in [-0.25, -0.2) is 8.42 Å². The van der Waals surface area contributed by atoms with Crippen molar-refractivity contribution in [2.45, 2.75) is 17.7 Å². The van der Waals surface area contributed by atoms with Crippen LogP contribution in [0.25, 0.3) is 0 Å². The number of sulfonamides is 1. The third kappa shape index (κ3) is 4.60. The quantitative estimate of drug-likeness (QED) is 0.760. The molecule has 1 heterocycles. The van der Waals surface area contributed by atoms with Gasteiger partial charge in [-0.1, -0.05) is 5.92 Å². The van der Waals surface area contributed by atoms with E-state index in [1.807, 2.05) is 4.90 Å². The summed E-state index contributed by atoms with van der Waals surface area (Å²) in [6.07, 6.45) is 7.75. The maximum atomic E-state index is 12.6. The molecule has 0 aromatic heterocycles. The Morgan fingerprint density at radius 3 is 2.36 bits per heavy atom. The Kier molecular flexibility index (Phi) is 5.42. The first kappa shape index (κ1) is 17.9. The number of hydrogen-bond donors (Lipinski definition) is 1. The lowest BCUT2D eigenvalue weighted by Crippen LogP contribution is -2.49. The Labute approximate surface area is 149 Å². The number of terminal acetylenes is 1. The van der Waals surface area contributed by atoms with Gasteiger partial charge in [-0.3, -0.25) is 9.69 Å². The largest absolute Gasteiger partial charge is 0.336 e. The molecule has 1 aromatic carbocycles. The van der Waals surface area contributed by atoms with Gasteiger partial charge in [0.25, 0.3) is 5.91 Å². The van der Waals surface area contributed by atoms with Crippen molar-refractivity contribution in [3.05, 3.63) is 29.8 Å². The summed E-state index contributed by atoms with van der Waals surface area (Å²) >= 11 is 0. The molecule has 7 heteroatoms. The van der Waals surface area contributed by atoms with Crippen molar-refractivity contribution < 1.29 is 13.2 Å². The summed E-state index contributed by atoms with van der Waals surface area (Å²) in [5, 5.41) is 0. The predicted molar refractivity (Wildman–Crippen MR) is 95.5 cm³/mol. The Morgan fingerprint density at radius 1 is 1.16 bits per heavy atom. The lowest BCUT2D eigenvalue weighted by molar-refractivity contribution is 0.0632. The molecule has 3 rings (SSSR count). The number of benzene rings is 1. The summed E-state index contributed by atoms with van der Waals surface area (Å²) < 4.78 is 26.3. The van der Waals surface area contributed by atoms with Crippen LogP contribution in [-0.2, 0) is 10.0 Å². The molecule has 25 heavy (non-hydrogen) atoms. The van der Waals surface area contributed by atoms with Crippen LogP contribution in [0.5, 0.6) is 0 Å². The first-order valence-electron chi connectivity index (χ1n) is 8.54. The Bertz CT molecular complexity index is 756. The standard InChI is InChI=1S/C18H23N3O3S/c1-2-9-19-25(23,24)17-7-5-16(6-8-17)18(22)21-12-10-20(11-13-21)14-15-3-4-15/h1,5-8,15,19H,3-4,9-14H2. The highest BCUT2D eigenvalue weighted by molar-refractivity contribution is 7.89. The predicted octanol–water partition coefficient (Wildman–Crippen LogP) is 0.766. The molecule has 134 valence electrons. The van der Waals surface area contributed by atoms with E-state index in [4.69, 9.17) is 6.42 Å². The first-order chi connectivity index (χ1) is 12.0. The second kappa shape index (κ2) is 7.56. The van der Waals surface area contributed by atoms with Crippen molar-refractivity contribution in [2.24, 2.45) is 5.92 Å². The highest BCUT2D eigenvalue weighted by Crippen LogP contribution is 2.30. The molecule has 0 radical (unpaired) electrons. The number of piperazine rings is 1. The van der Waals surface area contributed by atoms with Gasteiger partial charge in [0, 0.05) is 38.3 Å². The Balaban J connectivity index is 1.58. The summed E-state index contributed by atoms with van der Waals surface area (Å²) in [6.45, 7) is 4.34. The molecule has 0 atom stereocenters. The molecule has 1 aromatic rings. The molecule has 1 saturated heterocycles. The highest BCUT2D eigenvalue weighted by Gasteiger charge is 2.28. The van der Waals surface area contributed by atoms with Crippen molar-refractivity contribution in [2.75, 3.05) is 39.3 Å². The number of nitrogens with one attached hydrogen (secondary N) is 1. The number of amides is 1. The maximum absolute atomic E-state index is 12.6. The lowest BCUT2D eigenvalue weighted by atomic mass is 10.2. The van der Waals surface area contributed by atoms with E-state index in [-0.39, 0.29) is 17.3 Å². The maximum Gasteiger partial charge on any atom is 0.253 e. The average molecular weight is 361 g/mol. The molecule has 2 fully saturated rings. The molecule has 1 amide bonds. The zero-order chi connectivity index (χ0) is 17.9. The van der Waals surface area contributed by atoms with Crippen molar-refractivity contribution in [3.63, 3.8) is 0 Å². The van der Waals surface area contributed by atoms with Crippen molar-refractivity contribution in [1.82, 2.24) is 14.5 Å². The highest BCUT2D eigenvalue weighted by atomic mass is 32.2. The van der Waals surface area contributed by atoms with Gasteiger partial charge in [-0.15, -0.1) is 6.42 Å². The zero-order valence-electron chi connectivity index (χ0n) is 14.1. The van der Waals surface area contributed by atoms with Gasteiger partial charge in [0.1, 0.15) is 0 Å². The molecule has 2 aliphatic rings. The van der Waals surface area contributed by atoms with Crippen LogP contribution < -0.4 is 4.72 Å². The number of carbonyl (C=O) groups excluding carboxylic acids is 1.